The van der Waals surface area contributed by atoms with Crippen molar-refractivity contribution in [1.29, 1.82) is 0 Å². The van der Waals surface area contributed by atoms with Crippen LogP contribution in [0.4, 0.5) is 5.69 Å². The highest BCUT2D eigenvalue weighted by Crippen LogP contribution is 2.32. The van der Waals surface area contributed by atoms with Crippen LogP contribution in [0.25, 0.3) is 16.2 Å². The maximum absolute atomic E-state index is 12.5. The number of imidazole rings is 1. The summed E-state index contributed by atoms with van der Waals surface area (Å²) in [7, 11) is 1.65. The second kappa shape index (κ2) is 8.31. The molecule has 0 radical (unpaired) electrons. The number of nitrogens with one attached hydrogen (secondary N) is 1. The molecule has 0 fully saturated rings. The van der Waals surface area contributed by atoms with Crippen LogP contribution >= 0.6 is 11.3 Å². The van der Waals surface area contributed by atoms with E-state index in [9.17, 15) is 4.79 Å². The zero-order valence-electron chi connectivity index (χ0n) is 17.0. The molecular formula is C23H21N3O4S. The van der Waals surface area contributed by atoms with Crippen molar-refractivity contribution in [2.45, 2.75) is 12.8 Å². The summed E-state index contributed by atoms with van der Waals surface area (Å²) in [5, 5.41) is 4.99. The summed E-state index contributed by atoms with van der Waals surface area (Å²) >= 11 is 1.57. The summed E-state index contributed by atoms with van der Waals surface area (Å²) in [4.78, 5) is 18.1. The molecule has 0 atom stereocenters. The molecule has 5 rings (SSSR count). The fraction of sp³-hybridized carbons (Fsp3) is 0.217. The van der Waals surface area contributed by atoms with E-state index < -0.39 is 0 Å². The SMILES string of the molecule is COc1ccc(-c2cn3c(CCC(=O)Nc4ccc5c(c4)OCCO5)csc3n2)cc1. The number of ether oxygens (including phenoxy) is 3. The molecule has 0 saturated heterocycles. The maximum Gasteiger partial charge on any atom is 0.224 e. The van der Waals surface area contributed by atoms with Gasteiger partial charge < -0.3 is 19.5 Å². The number of anilines is 1. The molecule has 2 aromatic carbocycles. The third-order valence-corrected chi connectivity index (χ3v) is 5.99. The van der Waals surface area contributed by atoms with E-state index in [1.807, 2.05) is 42.6 Å². The lowest BCUT2D eigenvalue weighted by molar-refractivity contribution is -0.116. The summed E-state index contributed by atoms with van der Waals surface area (Å²) in [5.74, 6) is 2.13. The zero-order chi connectivity index (χ0) is 21.2. The van der Waals surface area contributed by atoms with Gasteiger partial charge in [0.05, 0.1) is 12.8 Å². The molecule has 0 spiro atoms. The average molecular weight is 436 g/mol. The molecule has 0 aliphatic carbocycles. The predicted octanol–water partition coefficient (Wildman–Crippen LogP) is 4.41. The fourth-order valence-corrected chi connectivity index (χ4v) is 4.40. The Bertz CT molecular complexity index is 1230. The van der Waals surface area contributed by atoms with Gasteiger partial charge in [0.15, 0.2) is 16.5 Å². The van der Waals surface area contributed by atoms with E-state index in [4.69, 9.17) is 19.2 Å². The monoisotopic (exact) mass is 435 g/mol. The number of methoxy groups -OCH3 is 1. The highest BCUT2D eigenvalue weighted by molar-refractivity contribution is 7.15. The third kappa shape index (κ3) is 4.06. The van der Waals surface area contributed by atoms with Crippen LogP contribution in [0.1, 0.15) is 12.1 Å². The number of hydrogen-bond donors (Lipinski definition) is 1. The van der Waals surface area contributed by atoms with Gasteiger partial charge in [0.2, 0.25) is 5.91 Å². The summed E-state index contributed by atoms with van der Waals surface area (Å²) < 4.78 is 18.4. The van der Waals surface area contributed by atoms with Crippen molar-refractivity contribution >= 4 is 27.9 Å². The molecular weight excluding hydrogens is 414 g/mol. The van der Waals surface area contributed by atoms with Crippen LogP contribution < -0.4 is 19.5 Å². The average Bonchev–Trinajstić information content (AvgIpc) is 3.39. The number of amides is 1. The molecule has 1 aliphatic heterocycles. The Morgan fingerprint density at radius 2 is 1.97 bits per heavy atom. The largest absolute Gasteiger partial charge is 0.497 e. The van der Waals surface area contributed by atoms with E-state index in [0.717, 1.165) is 27.7 Å². The van der Waals surface area contributed by atoms with Crippen LogP contribution in [0, 0.1) is 0 Å². The molecule has 158 valence electrons. The van der Waals surface area contributed by atoms with Gasteiger partial charge in [-0.3, -0.25) is 9.20 Å². The molecule has 8 heteroatoms. The van der Waals surface area contributed by atoms with Crippen molar-refractivity contribution in [3.63, 3.8) is 0 Å². The standard InChI is InChI=1S/C23H21N3O4S/c1-28-18-6-2-15(3-7-18)19-13-26-17(14-31-23(26)25-19)5-9-22(27)24-16-4-8-20-21(12-16)30-11-10-29-20/h2-4,6-8,12-14H,5,9-11H2,1H3,(H,24,27). The minimum Gasteiger partial charge on any atom is -0.497 e. The Morgan fingerprint density at radius 3 is 2.77 bits per heavy atom. The van der Waals surface area contributed by atoms with Crippen molar-refractivity contribution in [1.82, 2.24) is 9.38 Å². The molecule has 1 aliphatic rings. The van der Waals surface area contributed by atoms with Gasteiger partial charge in [0, 0.05) is 41.0 Å². The molecule has 0 bridgehead atoms. The van der Waals surface area contributed by atoms with Gasteiger partial charge in [-0.2, -0.15) is 0 Å². The lowest BCUT2D eigenvalue weighted by atomic mass is 10.1. The minimum absolute atomic E-state index is 0.0495. The second-order valence-corrected chi connectivity index (χ2v) is 7.98. The smallest absolute Gasteiger partial charge is 0.224 e. The minimum atomic E-state index is -0.0495. The van der Waals surface area contributed by atoms with Crippen molar-refractivity contribution in [3.05, 3.63) is 59.7 Å². The van der Waals surface area contributed by atoms with Gasteiger partial charge in [-0.1, -0.05) is 0 Å². The number of aromatic nitrogens is 2. The predicted molar refractivity (Wildman–Crippen MR) is 119 cm³/mol. The first kappa shape index (κ1) is 19.4. The lowest BCUT2D eigenvalue weighted by Crippen LogP contribution is -2.16. The van der Waals surface area contributed by atoms with E-state index in [2.05, 4.69) is 15.1 Å². The number of rotatable bonds is 6. The van der Waals surface area contributed by atoms with Gasteiger partial charge in [-0.25, -0.2) is 4.98 Å². The molecule has 0 saturated carbocycles. The molecule has 4 aromatic rings. The Hall–Kier alpha value is -3.52. The van der Waals surface area contributed by atoms with Crippen molar-refractivity contribution in [2.75, 3.05) is 25.6 Å². The molecule has 3 heterocycles. The lowest BCUT2D eigenvalue weighted by Gasteiger charge is -2.19. The quantitative estimate of drug-likeness (QED) is 0.486. The van der Waals surface area contributed by atoms with Crippen LogP contribution in [0.5, 0.6) is 17.2 Å². The van der Waals surface area contributed by atoms with Gasteiger partial charge >= 0.3 is 0 Å². The number of aryl methyl sites for hydroxylation is 1. The van der Waals surface area contributed by atoms with E-state index in [1.165, 1.54) is 0 Å². The van der Waals surface area contributed by atoms with Crippen LogP contribution in [-0.2, 0) is 11.2 Å². The maximum atomic E-state index is 12.5. The molecule has 1 amide bonds. The van der Waals surface area contributed by atoms with Crippen LogP contribution in [0.2, 0.25) is 0 Å². The summed E-state index contributed by atoms with van der Waals surface area (Å²) in [5.41, 5.74) is 3.69. The summed E-state index contributed by atoms with van der Waals surface area (Å²) in [6.07, 6.45) is 3.01. The molecule has 31 heavy (non-hydrogen) atoms. The van der Waals surface area contributed by atoms with Crippen LogP contribution in [0.15, 0.2) is 54.0 Å². The Balaban J connectivity index is 1.25. The normalized spacial score (nSPS) is 12.7. The molecule has 2 aromatic heterocycles. The van der Waals surface area contributed by atoms with Crippen molar-refractivity contribution < 1.29 is 19.0 Å². The number of hydrogen-bond acceptors (Lipinski definition) is 6. The summed E-state index contributed by atoms with van der Waals surface area (Å²) in [6, 6.07) is 13.3. The van der Waals surface area contributed by atoms with Crippen molar-refractivity contribution in [3.8, 4) is 28.5 Å². The van der Waals surface area contributed by atoms with Crippen molar-refractivity contribution in [2.24, 2.45) is 0 Å². The molecule has 1 N–H and O–H groups in total. The second-order valence-electron chi connectivity index (χ2n) is 7.14. The molecule has 7 nitrogen and oxygen atoms in total. The molecule has 0 unspecified atom stereocenters. The topological polar surface area (TPSA) is 74.1 Å². The van der Waals surface area contributed by atoms with Gasteiger partial charge in [-0.15, -0.1) is 11.3 Å². The number of benzene rings is 2. The Labute approximate surface area is 183 Å². The highest BCUT2D eigenvalue weighted by atomic mass is 32.1. The zero-order valence-corrected chi connectivity index (χ0v) is 17.8. The fourth-order valence-electron chi connectivity index (χ4n) is 3.50. The number of carbonyl (C=O) groups is 1. The number of fused-ring (bicyclic) bond motifs is 2. The van der Waals surface area contributed by atoms with E-state index in [-0.39, 0.29) is 5.91 Å². The summed E-state index contributed by atoms with van der Waals surface area (Å²) in [6.45, 7) is 1.06. The first-order chi connectivity index (χ1) is 15.2. The van der Waals surface area contributed by atoms with E-state index in [0.29, 0.717) is 43.2 Å². The Morgan fingerprint density at radius 1 is 1.16 bits per heavy atom. The first-order valence-corrected chi connectivity index (χ1v) is 10.9. The van der Waals surface area contributed by atoms with Crippen LogP contribution in [-0.4, -0.2) is 35.6 Å². The number of carbonyl (C=O) groups excluding carboxylic acids is 1. The van der Waals surface area contributed by atoms with Gasteiger partial charge in [0.1, 0.15) is 19.0 Å². The van der Waals surface area contributed by atoms with Crippen LogP contribution in [0.3, 0.4) is 0 Å². The Kier molecular flexibility index (Phi) is 5.21. The third-order valence-electron chi connectivity index (χ3n) is 5.10. The van der Waals surface area contributed by atoms with E-state index >= 15 is 0 Å². The highest BCUT2D eigenvalue weighted by Gasteiger charge is 2.14. The first-order valence-electron chi connectivity index (χ1n) is 9.99. The number of nitrogens with zero attached hydrogens (tertiary/aromatic N) is 2. The number of thiazole rings is 1. The van der Waals surface area contributed by atoms with Gasteiger partial charge in [-0.05, 0) is 42.8 Å². The van der Waals surface area contributed by atoms with Gasteiger partial charge in [0.25, 0.3) is 0 Å². The van der Waals surface area contributed by atoms with E-state index in [1.54, 1.807) is 24.5 Å².